The van der Waals surface area contributed by atoms with E-state index in [2.05, 4.69) is 4.98 Å². The van der Waals surface area contributed by atoms with Crippen LogP contribution in [0.2, 0.25) is 0 Å². The zero-order valence-electron chi connectivity index (χ0n) is 13.3. The van der Waals surface area contributed by atoms with Gasteiger partial charge in [0.05, 0.1) is 11.3 Å². The molecule has 0 spiro atoms. The largest absolute Gasteiger partial charge is 0.337 e. The Bertz CT molecular complexity index is 876. The molecular weight excluding hydrogens is 328 g/mol. The second-order valence-corrected chi connectivity index (χ2v) is 8.48. The summed E-state index contributed by atoms with van der Waals surface area (Å²) in [5.74, 6) is 0.182. The lowest BCUT2D eigenvalue weighted by Crippen LogP contribution is -2.50. The molecule has 8 heteroatoms. The van der Waals surface area contributed by atoms with Crippen molar-refractivity contribution in [2.45, 2.75) is 25.3 Å². The van der Waals surface area contributed by atoms with E-state index in [1.54, 1.807) is 27.7 Å². The maximum absolute atomic E-state index is 12.8. The van der Waals surface area contributed by atoms with Gasteiger partial charge in [-0.05, 0) is 31.4 Å². The predicted octanol–water partition coefficient (Wildman–Crippen LogP) is 0.974. The van der Waals surface area contributed by atoms with E-state index in [-0.39, 0.29) is 17.7 Å². The Morgan fingerprint density at radius 1 is 1.21 bits per heavy atom. The van der Waals surface area contributed by atoms with E-state index in [0.717, 1.165) is 18.5 Å². The first-order chi connectivity index (χ1) is 11.5. The highest BCUT2D eigenvalue weighted by molar-refractivity contribution is 7.89. The fourth-order valence-corrected chi connectivity index (χ4v) is 5.43. The minimum Gasteiger partial charge on any atom is -0.337 e. The van der Waals surface area contributed by atoms with Gasteiger partial charge in [0.15, 0.2) is 0 Å². The average Bonchev–Trinajstić information content (AvgIpc) is 3.19. The number of nitrogens with zero attached hydrogens (tertiary/aromatic N) is 4. The second-order valence-electron chi connectivity index (χ2n) is 6.44. The van der Waals surface area contributed by atoms with E-state index in [1.165, 1.54) is 0 Å². The number of aromatic nitrogens is 2. The maximum Gasteiger partial charge on any atom is 0.255 e. The minimum atomic E-state index is -3.14. The third kappa shape index (κ3) is 2.69. The fourth-order valence-electron chi connectivity index (χ4n) is 3.67. The van der Waals surface area contributed by atoms with E-state index < -0.39 is 10.0 Å². The summed E-state index contributed by atoms with van der Waals surface area (Å²) in [4.78, 5) is 18.8. The van der Waals surface area contributed by atoms with Crippen LogP contribution in [0.5, 0.6) is 0 Å². The molecule has 0 N–H and O–H groups in total. The van der Waals surface area contributed by atoms with Crippen molar-refractivity contribution in [3.63, 3.8) is 0 Å². The predicted molar refractivity (Wildman–Crippen MR) is 89.2 cm³/mol. The van der Waals surface area contributed by atoms with Gasteiger partial charge in [0.2, 0.25) is 10.0 Å². The number of piperidine rings is 1. The topological polar surface area (TPSA) is 75.0 Å². The molecule has 4 rings (SSSR count). The van der Waals surface area contributed by atoms with Gasteiger partial charge in [-0.2, -0.15) is 4.31 Å². The van der Waals surface area contributed by atoms with Gasteiger partial charge in [-0.3, -0.25) is 4.79 Å². The van der Waals surface area contributed by atoms with Crippen molar-refractivity contribution in [2.24, 2.45) is 0 Å². The van der Waals surface area contributed by atoms with Crippen LogP contribution < -0.4 is 0 Å². The third-order valence-corrected chi connectivity index (χ3v) is 6.86. The molecule has 0 radical (unpaired) electrons. The Morgan fingerprint density at radius 2 is 2.08 bits per heavy atom. The molecule has 2 aromatic rings. The van der Waals surface area contributed by atoms with Crippen LogP contribution >= 0.6 is 0 Å². The Labute approximate surface area is 140 Å². The van der Waals surface area contributed by atoms with Gasteiger partial charge < -0.3 is 9.30 Å². The Hall–Kier alpha value is -1.93. The molecule has 2 aliphatic heterocycles. The van der Waals surface area contributed by atoms with Crippen LogP contribution in [-0.4, -0.2) is 64.3 Å². The summed E-state index contributed by atoms with van der Waals surface area (Å²) in [6.07, 6.45) is 7.62. The molecule has 128 valence electrons. The molecule has 2 aromatic heterocycles. The number of hydrogen-bond acceptors (Lipinski definition) is 4. The number of carbonyl (C=O) groups excluding carboxylic acids is 1. The molecule has 1 unspecified atom stereocenters. The molecule has 1 atom stereocenters. The maximum atomic E-state index is 12.8. The Kier molecular flexibility index (Phi) is 3.80. The first-order valence-electron chi connectivity index (χ1n) is 8.26. The molecule has 7 nitrogen and oxygen atoms in total. The number of rotatable bonds is 2. The van der Waals surface area contributed by atoms with Crippen LogP contribution in [-0.2, 0) is 10.0 Å². The van der Waals surface area contributed by atoms with E-state index in [1.807, 2.05) is 16.7 Å². The van der Waals surface area contributed by atoms with Crippen LogP contribution in [0, 0.1) is 0 Å². The lowest BCUT2D eigenvalue weighted by atomic mass is 10.0. The number of sulfonamides is 1. The molecule has 2 saturated heterocycles. The molecule has 4 heterocycles. The van der Waals surface area contributed by atoms with Crippen LogP contribution in [0.4, 0.5) is 0 Å². The zero-order valence-corrected chi connectivity index (χ0v) is 14.2. The molecule has 24 heavy (non-hydrogen) atoms. The molecule has 0 aliphatic carbocycles. The van der Waals surface area contributed by atoms with E-state index in [9.17, 15) is 13.2 Å². The van der Waals surface area contributed by atoms with Gasteiger partial charge in [-0.25, -0.2) is 13.4 Å². The number of pyridine rings is 1. The van der Waals surface area contributed by atoms with Crippen molar-refractivity contribution in [3.05, 3.63) is 36.3 Å². The molecule has 0 bridgehead atoms. The smallest absolute Gasteiger partial charge is 0.255 e. The summed E-state index contributed by atoms with van der Waals surface area (Å²) in [5.41, 5.74) is 1.40. The van der Waals surface area contributed by atoms with Crippen LogP contribution in [0.25, 0.3) is 5.65 Å². The molecule has 1 amide bonds. The van der Waals surface area contributed by atoms with Crippen molar-refractivity contribution in [3.8, 4) is 0 Å². The fraction of sp³-hybridized carbons (Fsp3) is 0.500. The average molecular weight is 348 g/mol. The first-order valence-corrected chi connectivity index (χ1v) is 9.87. The molecule has 2 aliphatic rings. The monoisotopic (exact) mass is 348 g/mol. The van der Waals surface area contributed by atoms with Gasteiger partial charge in [0.25, 0.3) is 5.91 Å². The van der Waals surface area contributed by atoms with Gasteiger partial charge in [0, 0.05) is 44.3 Å². The number of hydrogen-bond donors (Lipinski definition) is 0. The van der Waals surface area contributed by atoms with Crippen LogP contribution in [0.1, 0.15) is 29.6 Å². The first kappa shape index (κ1) is 15.6. The lowest BCUT2D eigenvalue weighted by Gasteiger charge is -2.36. The summed E-state index contributed by atoms with van der Waals surface area (Å²) in [6.45, 7) is 1.72. The number of likely N-dealkylation sites (tertiary alicyclic amines) is 1. The Morgan fingerprint density at radius 3 is 2.88 bits per heavy atom. The van der Waals surface area contributed by atoms with Crippen molar-refractivity contribution < 1.29 is 13.2 Å². The van der Waals surface area contributed by atoms with Crippen molar-refractivity contribution >= 4 is 21.6 Å². The zero-order chi connectivity index (χ0) is 16.7. The normalized spacial score (nSPS) is 24.5. The van der Waals surface area contributed by atoms with Crippen molar-refractivity contribution in [2.75, 3.05) is 25.4 Å². The number of imidazole rings is 1. The third-order valence-electron chi connectivity index (χ3n) is 4.86. The van der Waals surface area contributed by atoms with E-state index >= 15 is 0 Å². The molecule has 0 saturated carbocycles. The van der Waals surface area contributed by atoms with Gasteiger partial charge in [-0.1, -0.05) is 0 Å². The van der Waals surface area contributed by atoms with Crippen molar-refractivity contribution in [1.29, 1.82) is 0 Å². The molecule has 0 aromatic carbocycles. The highest BCUT2D eigenvalue weighted by Gasteiger charge is 2.37. The SMILES string of the molecule is O=C(c1ccc2nccn2c1)N1CCCC(N2CCCS2(=O)=O)C1. The van der Waals surface area contributed by atoms with Gasteiger partial charge in [-0.15, -0.1) is 0 Å². The quantitative estimate of drug-likeness (QED) is 0.811. The summed E-state index contributed by atoms with van der Waals surface area (Å²) in [7, 11) is -3.14. The minimum absolute atomic E-state index is 0.0492. The van der Waals surface area contributed by atoms with E-state index in [0.29, 0.717) is 31.6 Å². The number of fused-ring (bicyclic) bond motifs is 1. The summed E-state index contributed by atoms with van der Waals surface area (Å²) < 4.78 is 27.7. The number of amides is 1. The summed E-state index contributed by atoms with van der Waals surface area (Å²) in [5, 5.41) is 0. The van der Waals surface area contributed by atoms with Crippen molar-refractivity contribution in [1.82, 2.24) is 18.6 Å². The van der Waals surface area contributed by atoms with Gasteiger partial charge in [0.1, 0.15) is 5.65 Å². The summed E-state index contributed by atoms with van der Waals surface area (Å²) >= 11 is 0. The molecular formula is C16H20N4O3S. The number of carbonyl (C=O) groups is 1. The standard InChI is InChI=1S/C16H20N4O3S/c21-16(13-4-5-15-17-6-9-18(15)11-13)19-7-1-3-14(12-19)20-8-2-10-24(20,22)23/h4-6,9,11,14H,1-3,7-8,10,12H2. The van der Waals surface area contributed by atoms with Crippen LogP contribution in [0.15, 0.2) is 30.7 Å². The Balaban J connectivity index is 1.54. The van der Waals surface area contributed by atoms with Crippen LogP contribution in [0.3, 0.4) is 0 Å². The highest BCUT2D eigenvalue weighted by atomic mass is 32.2. The lowest BCUT2D eigenvalue weighted by molar-refractivity contribution is 0.0658. The van der Waals surface area contributed by atoms with Gasteiger partial charge >= 0.3 is 0 Å². The summed E-state index contributed by atoms with van der Waals surface area (Å²) in [6, 6.07) is 3.51. The molecule has 2 fully saturated rings. The second kappa shape index (κ2) is 5.86. The highest BCUT2D eigenvalue weighted by Crippen LogP contribution is 2.24. The van der Waals surface area contributed by atoms with E-state index in [4.69, 9.17) is 0 Å².